The van der Waals surface area contributed by atoms with Crippen molar-refractivity contribution >= 4 is 34.0 Å². The maximum Gasteiger partial charge on any atom is 0.351 e. The lowest BCUT2D eigenvalue weighted by Crippen LogP contribution is -2.24. The van der Waals surface area contributed by atoms with Crippen molar-refractivity contribution in [3.63, 3.8) is 0 Å². The third-order valence-electron chi connectivity index (χ3n) is 3.16. The van der Waals surface area contributed by atoms with Crippen molar-refractivity contribution in [1.29, 1.82) is 0 Å². The lowest BCUT2D eigenvalue weighted by Gasteiger charge is -2.24. The Balaban J connectivity index is 2.70. The maximum absolute atomic E-state index is 11.4. The average Bonchev–Trinajstić information content (AvgIpc) is 2.69. The molecule has 0 unspecified atom stereocenters. The number of ether oxygens (including phenoxy) is 1. The summed E-state index contributed by atoms with van der Waals surface area (Å²) in [6.45, 7) is 9.66. The molecule has 0 radical (unpaired) electrons. The minimum absolute atomic E-state index is 0.199. The zero-order chi connectivity index (χ0) is 14.6. The van der Waals surface area contributed by atoms with E-state index in [1.165, 1.54) is 18.4 Å². The van der Waals surface area contributed by atoms with Gasteiger partial charge in [0.1, 0.15) is 0 Å². The number of methoxy groups -OCH3 is 1. The van der Waals surface area contributed by atoms with Crippen molar-refractivity contribution in [2.45, 2.75) is 27.7 Å². The molecule has 1 N–H and O–H groups in total. The Hall–Kier alpha value is -0.810. The smallest absolute Gasteiger partial charge is 0.351 e. The number of nitrogens with zero attached hydrogens (tertiary/aromatic N) is 1. The first-order valence-electron chi connectivity index (χ1n) is 6.35. The van der Waals surface area contributed by atoms with Gasteiger partial charge in [0.2, 0.25) is 0 Å². The fraction of sp³-hybridized carbons (Fsp3) is 0.692. The molecule has 0 bridgehead atoms. The number of carbonyl (C=O) groups is 1. The van der Waals surface area contributed by atoms with E-state index in [9.17, 15) is 4.79 Å². The molecule has 0 aliphatic carbocycles. The second-order valence-corrected chi connectivity index (χ2v) is 6.52. The van der Waals surface area contributed by atoms with Crippen molar-refractivity contribution in [1.82, 2.24) is 4.98 Å². The van der Waals surface area contributed by atoms with E-state index >= 15 is 0 Å². The van der Waals surface area contributed by atoms with Crippen LogP contribution in [0.2, 0.25) is 5.15 Å². The highest BCUT2D eigenvalue weighted by Gasteiger charge is 2.20. The second-order valence-electron chi connectivity index (χ2n) is 5.16. The molecular weight excluding hydrogens is 284 g/mol. The molecule has 19 heavy (non-hydrogen) atoms. The Kier molecular flexibility index (Phi) is 6.07. The summed E-state index contributed by atoms with van der Waals surface area (Å²) in [6.07, 6.45) is 0. The van der Waals surface area contributed by atoms with Gasteiger partial charge in [0.15, 0.2) is 15.2 Å². The molecule has 0 amide bonds. The lowest BCUT2D eigenvalue weighted by molar-refractivity contribution is 0.0606. The molecule has 1 rings (SSSR count). The van der Waals surface area contributed by atoms with Gasteiger partial charge in [-0.25, -0.2) is 9.78 Å². The van der Waals surface area contributed by atoms with Gasteiger partial charge >= 0.3 is 5.97 Å². The summed E-state index contributed by atoms with van der Waals surface area (Å²) >= 11 is 7.15. The molecule has 1 heterocycles. The van der Waals surface area contributed by atoms with Crippen LogP contribution in [0.5, 0.6) is 0 Å². The molecule has 1 aromatic heterocycles. The van der Waals surface area contributed by atoms with Crippen molar-refractivity contribution in [3.8, 4) is 0 Å². The Labute approximate surface area is 123 Å². The number of hydrogen-bond acceptors (Lipinski definition) is 5. The molecule has 0 fully saturated rings. The molecule has 0 aliphatic rings. The number of halogens is 1. The SMILES string of the molecule is COC(=O)c1sc(NCC(C(C)C)C(C)C)nc1Cl. The van der Waals surface area contributed by atoms with Crippen LogP contribution in [-0.4, -0.2) is 24.6 Å². The minimum atomic E-state index is -0.445. The molecule has 0 aliphatic heterocycles. The van der Waals surface area contributed by atoms with E-state index in [1.807, 2.05) is 0 Å². The number of carbonyl (C=O) groups excluding carboxylic acids is 1. The lowest BCUT2D eigenvalue weighted by atomic mass is 9.86. The van der Waals surface area contributed by atoms with E-state index in [0.717, 1.165) is 6.54 Å². The minimum Gasteiger partial charge on any atom is -0.465 e. The maximum atomic E-state index is 11.4. The van der Waals surface area contributed by atoms with E-state index < -0.39 is 5.97 Å². The van der Waals surface area contributed by atoms with Crippen LogP contribution < -0.4 is 5.32 Å². The Morgan fingerprint density at radius 2 is 1.95 bits per heavy atom. The number of thiazole rings is 1. The van der Waals surface area contributed by atoms with E-state index in [-0.39, 0.29) is 5.15 Å². The van der Waals surface area contributed by atoms with Gasteiger partial charge in [0.25, 0.3) is 0 Å². The molecule has 0 atom stereocenters. The van der Waals surface area contributed by atoms with Gasteiger partial charge in [0.05, 0.1) is 7.11 Å². The topological polar surface area (TPSA) is 51.2 Å². The van der Waals surface area contributed by atoms with E-state index in [1.54, 1.807) is 0 Å². The number of esters is 1. The Bertz CT molecular complexity index is 424. The van der Waals surface area contributed by atoms with Gasteiger partial charge in [-0.3, -0.25) is 0 Å². The van der Waals surface area contributed by atoms with Crippen LogP contribution in [-0.2, 0) is 4.74 Å². The molecule has 1 aromatic rings. The monoisotopic (exact) mass is 304 g/mol. The van der Waals surface area contributed by atoms with Gasteiger partial charge in [-0.05, 0) is 17.8 Å². The Morgan fingerprint density at radius 1 is 1.37 bits per heavy atom. The third-order valence-corrected chi connectivity index (χ3v) is 4.54. The average molecular weight is 305 g/mol. The molecule has 4 nitrogen and oxygen atoms in total. The standard InChI is InChI=1S/C13H21ClN2O2S/c1-7(2)9(8(3)4)6-15-13-16-11(14)10(19-13)12(17)18-5/h7-9H,6H2,1-5H3,(H,15,16). The largest absolute Gasteiger partial charge is 0.465 e. The normalized spacial score (nSPS) is 11.4. The van der Waals surface area contributed by atoms with E-state index in [0.29, 0.717) is 27.8 Å². The number of aromatic nitrogens is 1. The van der Waals surface area contributed by atoms with Gasteiger partial charge in [-0.2, -0.15) is 0 Å². The molecule has 0 saturated heterocycles. The molecule has 0 aromatic carbocycles. The number of anilines is 1. The van der Waals surface area contributed by atoms with Crippen molar-refractivity contribution in [2.75, 3.05) is 19.0 Å². The molecule has 0 spiro atoms. The molecule has 108 valence electrons. The van der Waals surface area contributed by atoms with Crippen molar-refractivity contribution in [3.05, 3.63) is 10.0 Å². The quantitative estimate of drug-likeness (QED) is 0.809. The summed E-state index contributed by atoms with van der Waals surface area (Å²) in [6, 6.07) is 0. The first-order chi connectivity index (χ1) is 8.86. The predicted octanol–water partition coefficient (Wildman–Crippen LogP) is 3.92. The van der Waals surface area contributed by atoms with Crippen LogP contribution in [0, 0.1) is 17.8 Å². The zero-order valence-corrected chi connectivity index (χ0v) is 13.6. The van der Waals surface area contributed by atoms with E-state index in [4.69, 9.17) is 11.6 Å². The van der Waals surface area contributed by atoms with Gasteiger partial charge in [-0.15, -0.1) is 0 Å². The van der Waals surface area contributed by atoms with Crippen molar-refractivity contribution < 1.29 is 9.53 Å². The molecular formula is C13H21ClN2O2S. The van der Waals surface area contributed by atoms with Crippen LogP contribution in [0.25, 0.3) is 0 Å². The first-order valence-corrected chi connectivity index (χ1v) is 7.54. The Morgan fingerprint density at radius 3 is 2.42 bits per heavy atom. The molecule has 6 heteroatoms. The summed E-state index contributed by atoms with van der Waals surface area (Å²) in [5.74, 6) is 1.27. The fourth-order valence-corrected chi connectivity index (χ4v) is 3.15. The van der Waals surface area contributed by atoms with Gasteiger partial charge < -0.3 is 10.1 Å². The summed E-state index contributed by atoms with van der Waals surface area (Å²) in [5, 5.41) is 4.13. The second kappa shape index (κ2) is 7.10. The van der Waals surface area contributed by atoms with Crippen LogP contribution >= 0.6 is 22.9 Å². The summed E-state index contributed by atoms with van der Waals surface area (Å²) in [7, 11) is 1.33. The van der Waals surface area contributed by atoms with Crippen LogP contribution in [0.4, 0.5) is 5.13 Å². The summed E-state index contributed by atoms with van der Waals surface area (Å²) in [5.41, 5.74) is 0. The number of hydrogen-bond donors (Lipinski definition) is 1. The highest BCUT2D eigenvalue weighted by Crippen LogP contribution is 2.28. The van der Waals surface area contributed by atoms with Crippen LogP contribution in [0.15, 0.2) is 0 Å². The fourth-order valence-electron chi connectivity index (χ4n) is 2.04. The van der Waals surface area contributed by atoms with E-state index in [2.05, 4.69) is 42.7 Å². The summed E-state index contributed by atoms with van der Waals surface area (Å²) < 4.78 is 4.65. The highest BCUT2D eigenvalue weighted by atomic mass is 35.5. The predicted molar refractivity (Wildman–Crippen MR) is 80.1 cm³/mol. The third kappa shape index (κ3) is 4.35. The first kappa shape index (κ1) is 16.2. The van der Waals surface area contributed by atoms with Crippen LogP contribution in [0.3, 0.4) is 0 Å². The summed E-state index contributed by atoms with van der Waals surface area (Å²) in [4.78, 5) is 15.9. The van der Waals surface area contributed by atoms with Crippen molar-refractivity contribution in [2.24, 2.45) is 17.8 Å². The van der Waals surface area contributed by atoms with Crippen LogP contribution in [0.1, 0.15) is 37.4 Å². The number of rotatable bonds is 6. The van der Waals surface area contributed by atoms with Gasteiger partial charge in [-0.1, -0.05) is 50.6 Å². The number of nitrogens with one attached hydrogen (secondary N) is 1. The highest BCUT2D eigenvalue weighted by molar-refractivity contribution is 7.18. The van der Waals surface area contributed by atoms with Gasteiger partial charge in [0, 0.05) is 6.54 Å². The zero-order valence-electron chi connectivity index (χ0n) is 12.0. The molecule has 0 saturated carbocycles.